The Balaban J connectivity index is 2.59. The Labute approximate surface area is 111 Å². The molecular weight excluding hydrogens is 226 g/mol. The molecule has 0 aromatic carbocycles. The van der Waals surface area contributed by atoms with E-state index in [0.29, 0.717) is 12.0 Å². The first-order valence-electron chi connectivity index (χ1n) is 6.80. The number of aliphatic imine (C=N–C) groups is 1. The van der Waals surface area contributed by atoms with E-state index in [9.17, 15) is 0 Å². The van der Waals surface area contributed by atoms with E-state index in [2.05, 4.69) is 58.8 Å². The molecule has 2 atom stereocenters. The summed E-state index contributed by atoms with van der Waals surface area (Å²) in [4.78, 5) is 4.56. The van der Waals surface area contributed by atoms with E-state index in [0.717, 1.165) is 6.42 Å². The molecule has 1 saturated carbocycles. The lowest BCUT2D eigenvalue weighted by atomic mass is 9.64. The summed E-state index contributed by atoms with van der Waals surface area (Å²) in [6, 6.07) is 0.565. The number of nitrogens with one attached hydrogen (secondary N) is 1. The molecule has 0 aromatic heterocycles. The summed E-state index contributed by atoms with van der Waals surface area (Å²) in [5.41, 5.74) is 5.83. The molecule has 0 saturated heterocycles. The van der Waals surface area contributed by atoms with Crippen LogP contribution in [-0.4, -0.2) is 29.7 Å². The molecule has 0 aliphatic heterocycles. The van der Waals surface area contributed by atoms with Gasteiger partial charge in [-0.05, 0) is 41.0 Å². The zero-order valence-corrected chi connectivity index (χ0v) is 12.9. The van der Waals surface area contributed by atoms with Crippen molar-refractivity contribution in [2.45, 2.75) is 78.7 Å². The second-order valence-corrected chi connectivity index (χ2v) is 7.11. The van der Waals surface area contributed by atoms with E-state index in [1.807, 2.05) is 0 Å². The number of rotatable bonds is 3. The fraction of sp³-hybridized carbons (Fsp3) is 0.929. The molecular formula is C14H29N3O. The highest BCUT2D eigenvalue weighted by atomic mass is 16.5. The van der Waals surface area contributed by atoms with Crippen molar-refractivity contribution >= 4 is 5.96 Å². The molecule has 0 spiro atoms. The molecule has 1 aliphatic carbocycles. The third-order valence-corrected chi connectivity index (χ3v) is 3.35. The molecule has 4 heteroatoms. The first-order chi connectivity index (χ1) is 8.02. The summed E-state index contributed by atoms with van der Waals surface area (Å²) < 4.78 is 6.05. The van der Waals surface area contributed by atoms with Crippen molar-refractivity contribution in [3.8, 4) is 0 Å². The van der Waals surface area contributed by atoms with Crippen LogP contribution in [0.1, 0.15) is 54.9 Å². The molecule has 4 nitrogen and oxygen atoms in total. The largest absolute Gasteiger partial charge is 0.372 e. The molecule has 0 heterocycles. The predicted molar refractivity (Wildman–Crippen MR) is 76.7 cm³/mol. The quantitative estimate of drug-likeness (QED) is 0.601. The maximum absolute atomic E-state index is 6.05. The highest BCUT2D eigenvalue weighted by Gasteiger charge is 2.50. The summed E-state index contributed by atoms with van der Waals surface area (Å²) in [5.74, 6) is 0.539. The Morgan fingerprint density at radius 1 is 1.39 bits per heavy atom. The first-order valence-corrected chi connectivity index (χ1v) is 6.80. The van der Waals surface area contributed by atoms with Crippen LogP contribution in [0.25, 0.3) is 0 Å². The minimum absolute atomic E-state index is 0.0521. The molecule has 106 valence electrons. The molecule has 3 N–H and O–H groups in total. The SMILES string of the molecule is CC(C)NC(N)=N[C@@H]1C[C@H](OC(C)(C)C)C1(C)C. The van der Waals surface area contributed by atoms with Crippen molar-refractivity contribution in [3.05, 3.63) is 0 Å². The van der Waals surface area contributed by atoms with Gasteiger partial charge in [0.15, 0.2) is 5.96 Å². The topological polar surface area (TPSA) is 59.6 Å². The van der Waals surface area contributed by atoms with Crippen LogP contribution >= 0.6 is 0 Å². The van der Waals surface area contributed by atoms with Gasteiger partial charge in [0.25, 0.3) is 0 Å². The van der Waals surface area contributed by atoms with Gasteiger partial charge in [-0.1, -0.05) is 13.8 Å². The normalized spacial score (nSPS) is 28.1. The zero-order chi connectivity index (χ0) is 14.1. The number of guanidine groups is 1. The standard InChI is InChI=1S/C14H29N3O/c1-9(2)16-12(15)17-10-8-11(14(10,6)7)18-13(3,4)5/h9-11H,8H2,1-7H3,(H3,15,16,17)/t10-,11+/m1/s1. The summed E-state index contributed by atoms with van der Waals surface area (Å²) in [7, 11) is 0. The van der Waals surface area contributed by atoms with Gasteiger partial charge in [0, 0.05) is 11.5 Å². The number of hydrogen-bond donors (Lipinski definition) is 2. The lowest BCUT2D eigenvalue weighted by Crippen LogP contribution is -2.56. The highest BCUT2D eigenvalue weighted by Crippen LogP contribution is 2.46. The minimum Gasteiger partial charge on any atom is -0.372 e. The first kappa shape index (κ1) is 15.3. The number of ether oxygens (including phenoxy) is 1. The van der Waals surface area contributed by atoms with Crippen LogP contribution < -0.4 is 11.1 Å². The van der Waals surface area contributed by atoms with Crippen LogP contribution in [0, 0.1) is 5.41 Å². The van der Waals surface area contributed by atoms with Crippen molar-refractivity contribution < 1.29 is 4.74 Å². The zero-order valence-electron chi connectivity index (χ0n) is 12.9. The van der Waals surface area contributed by atoms with Crippen molar-refractivity contribution in [2.24, 2.45) is 16.1 Å². The van der Waals surface area contributed by atoms with Crippen LogP contribution in [0.5, 0.6) is 0 Å². The van der Waals surface area contributed by atoms with Gasteiger partial charge in [0.05, 0.1) is 17.7 Å². The maximum Gasteiger partial charge on any atom is 0.189 e. The van der Waals surface area contributed by atoms with Crippen LogP contribution in [0.4, 0.5) is 0 Å². The highest BCUT2D eigenvalue weighted by molar-refractivity contribution is 5.78. The van der Waals surface area contributed by atoms with Gasteiger partial charge in [0.1, 0.15) is 0 Å². The van der Waals surface area contributed by atoms with Gasteiger partial charge in [0.2, 0.25) is 0 Å². The summed E-state index contributed by atoms with van der Waals surface area (Å²) >= 11 is 0. The monoisotopic (exact) mass is 255 g/mol. The molecule has 0 amide bonds. The summed E-state index contributed by atoms with van der Waals surface area (Å²) in [6.07, 6.45) is 1.21. The van der Waals surface area contributed by atoms with E-state index in [1.54, 1.807) is 0 Å². The van der Waals surface area contributed by atoms with E-state index in [4.69, 9.17) is 10.5 Å². The van der Waals surface area contributed by atoms with E-state index in [1.165, 1.54) is 0 Å². The Kier molecular flexibility index (Phi) is 4.31. The third kappa shape index (κ3) is 3.87. The number of nitrogens with two attached hydrogens (primary N) is 1. The molecule has 18 heavy (non-hydrogen) atoms. The maximum atomic E-state index is 6.05. The van der Waals surface area contributed by atoms with Gasteiger partial charge in [-0.15, -0.1) is 0 Å². The van der Waals surface area contributed by atoms with Crippen molar-refractivity contribution in [1.29, 1.82) is 0 Å². The summed E-state index contributed by atoms with van der Waals surface area (Å²) in [5, 5.41) is 3.13. The molecule has 1 aliphatic rings. The van der Waals surface area contributed by atoms with E-state index < -0.39 is 0 Å². The van der Waals surface area contributed by atoms with Crippen molar-refractivity contribution in [1.82, 2.24) is 5.32 Å². The predicted octanol–water partition coefficient (Wildman–Crippen LogP) is 2.28. The molecule has 0 radical (unpaired) electrons. The summed E-state index contributed by atoms with van der Waals surface area (Å²) in [6.45, 7) is 14.8. The van der Waals surface area contributed by atoms with E-state index >= 15 is 0 Å². The Bertz CT molecular complexity index is 315. The van der Waals surface area contributed by atoms with Crippen molar-refractivity contribution in [3.63, 3.8) is 0 Å². The van der Waals surface area contributed by atoms with Gasteiger partial charge in [-0.3, -0.25) is 0 Å². The lowest BCUT2D eigenvalue weighted by molar-refractivity contribution is -0.165. The fourth-order valence-electron chi connectivity index (χ4n) is 2.21. The van der Waals surface area contributed by atoms with Crippen LogP contribution in [0.15, 0.2) is 4.99 Å². The van der Waals surface area contributed by atoms with Gasteiger partial charge >= 0.3 is 0 Å². The number of nitrogens with zero attached hydrogens (tertiary/aromatic N) is 1. The van der Waals surface area contributed by atoms with E-state index in [-0.39, 0.29) is 23.2 Å². The van der Waals surface area contributed by atoms with Crippen LogP contribution in [0.3, 0.4) is 0 Å². The van der Waals surface area contributed by atoms with Crippen LogP contribution in [-0.2, 0) is 4.74 Å². The Morgan fingerprint density at radius 3 is 2.33 bits per heavy atom. The third-order valence-electron chi connectivity index (χ3n) is 3.35. The minimum atomic E-state index is -0.0989. The van der Waals surface area contributed by atoms with Crippen LogP contribution in [0.2, 0.25) is 0 Å². The van der Waals surface area contributed by atoms with Gasteiger partial charge < -0.3 is 15.8 Å². The lowest BCUT2D eigenvalue weighted by Gasteiger charge is -2.51. The molecule has 1 rings (SSSR count). The number of hydrogen-bond acceptors (Lipinski definition) is 2. The van der Waals surface area contributed by atoms with Gasteiger partial charge in [-0.25, -0.2) is 4.99 Å². The smallest absolute Gasteiger partial charge is 0.189 e. The average Bonchev–Trinajstić information content (AvgIpc) is 2.13. The second-order valence-electron chi connectivity index (χ2n) is 7.11. The molecule has 1 fully saturated rings. The molecule has 0 bridgehead atoms. The van der Waals surface area contributed by atoms with Gasteiger partial charge in [-0.2, -0.15) is 0 Å². The molecule has 0 aromatic rings. The molecule has 0 unspecified atom stereocenters. The Hall–Kier alpha value is -0.770. The Morgan fingerprint density at radius 2 is 1.94 bits per heavy atom. The second kappa shape index (κ2) is 5.08. The van der Waals surface area contributed by atoms with Crippen molar-refractivity contribution in [2.75, 3.05) is 0 Å². The average molecular weight is 255 g/mol. The fourth-order valence-corrected chi connectivity index (χ4v) is 2.21.